The second kappa shape index (κ2) is 8.70. The second-order valence-electron chi connectivity index (χ2n) is 5.98. The average Bonchev–Trinajstić information content (AvgIpc) is 3.26. The minimum Gasteiger partial charge on any atom is -0.548 e. The maximum Gasteiger partial charge on any atom is 0.291 e. The van der Waals surface area contributed by atoms with Crippen molar-refractivity contribution in [3.63, 3.8) is 0 Å². The zero-order valence-corrected chi connectivity index (χ0v) is 14.4. The van der Waals surface area contributed by atoms with Crippen LogP contribution < -0.4 is 15.7 Å². The van der Waals surface area contributed by atoms with Crippen LogP contribution in [0.5, 0.6) is 0 Å². The maximum absolute atomic E-state index is 12.5. The molecule has 8 heteroatoms. The molecule has 0 saturated carbocycles. The molecule has 2 aromatic heterocycles. The van der Waals surface area contributed by atoms with E-state index in [1.807, 2.05) is 13.8 Å². The van der Waals surface area contributed by atoms with Gasteiger partial charge in [-0.2, -0.15) is 0 Å². The summed E-state index contributed by atoms with van der Waals surface area (Å²) in [6.45, 7) is 3.64. The molecule has 0 aliphatic heterocycles. The lowest BCUT2D eigenvalue weighted by atomic mass is 10.0. The Morgan fingerprint density at radius 2 is 1.85 bits per heavy atom. The smallest absolute Gasteiger partial charge is 0.291 e. The van der Waals surface area contributed by atoms with Crippen LogP contribution in [0.1, 0.15) is 36.6 Å². The highest BCUT2D eigenvalue weighted by molar-refractivity contribution is 6.05. The standard InChI is InChI=1S/C18H20N2O6/c1-11(2)9-14(18(23)24)20-16(21)13(10-12-5-3-7-25-12)19-17(22)15-6-4-8-26-15/h3-8,10-11,14H,9H2,1-2H3,(H,19,22)(H,20,21)(H,23,24)/p-1/b13-10+/t14-/m1/s1. The summed E-state index contributed by atoms with van der Waals surface area (Å²) in [7, 11) is 0. The highest BCUT2D eigenvalue weighted by atomic mass is 16.4. The number of rotatable bonds is 8. The van der Waals surface area contributed by atoms with E-state index in [1.54, 1.807) is 12.1 Å². The van der Waals surface area contributed by atoms with Crippen molar-refractivity contribution in [3.05, 3.63) is 54.0 Å². The van der Waals surface area contributed by atoms with Crippen molar-refractivity contribution in [1.29, 1.82) is 0 Å². The Bertz CT molecular complexity index is 775. The zero-order valence-electron chi connectivity index (χ0n) is 14.4. The highest BCUT2D eigenvalue weighted by Crippen LogP contribution is 2.10. The highest BCUT2D eigenvalue weighted by Gasteiger charge is 2.21. The van der Waals surface area contributed by atoms with Crippen molar-refractivity contribution >= 4 is 23.9 Å². The summed E-state index contributed by atoms with van der Waals surface area (Å²) >= 11 is 0. The molecule has 0 saturated heterocycles. The molecule has 2 heterocycles. The van der Waals surface area contributed by atoms with Crippen molar-refractivity contribution in [2.45, 2.75) is 26.3 Å². The molecule has 0 radical (unpaired) electrons. The molecule has 2 N–H and O–H groups in total. The molecule has 0 fully saturated rings. The molecular formula is C18H19N2O6-. The van der Waals surface area contributed by atoms with Crippen LogP contribution in [-0.4, -0.2) is 23.8 Å². The van der Waals surface area contributed by atoms with Gasteiger partial charge in [0.25, 0.3) is 11.8 Å². The average molecular weight is 359 g/mol. The van der Waals surface area contributed by atoms with Crippen molar-refractivity contribution in [3.8, 4) is 0 Å². The van der Waals surface area contributed by atoms with Crippen molar-refractivity contribution in [1.82, 2.24) is 10.6 Å². The fourth-order valence-corrected chi connectivity index (χ4v) is 2.19. The fraction of sp³-hybridized carbons (Fsp3) is 0.278. The summed E-state index contributed by atoms with van der Waals surface area (Å²) in [6.07, 6.45) is 4.20. The van der Waals surface area contributed by atoms with Crippen LogP contribution in [-0.2, 0) is 9.59 Å². The Hall–Kier alpha value is -3.29. The maximum atomic E-state index is 12.5. The van der Waals surface area contributed by atoms with Gasteiger partial charge in [0, 0.05) is 6.08 Å². The lowest BCUT2D eigenvalue weighted by Gasteiger charge is -2.22. The predicted octanol–water partition coefficient (Wildman–Crippen LogP) is 0.924. The van der Waals surface area contributed by atoms with Gasteiger partial charge in [-0.15, -0.1) is 0 Å². The van der Waals surface area contributed by atoms with E-state index in [4.69, 9.17) is 8.83 Å². The molecule has 2 aromatic rings. The number of aliphatic carboxylic acids is 1. The lowest BCUT2D eigenvalue weighted by molar-refractivity contribution is -0.308. The molecule has 0 spiro atoms. The molecule has 0 aliphatic carbocycles. The van der Waals surface area contributed by atoms with E-state index < -0.39 is 23.8 Å². The number of hydrogen-bond donors (Lipinski definition) is 2. The minimum absolute atomic E-state index is 0.00164. The monoisotopic (exact) mass is 359 g/mol. The van der Waals surface area contributed by atoms with Crippen LogP contribution in [0.4, 0.5) is 0 Å². The van der Waals surface area contributed by atoms with Gasteiger partial charge in [-0.3, -0.25) is 9.59 Å². The number of carbonyl (C=O) groups excluding carboxylic acids is 3. The molecule has 0 bridgehead atoms. The molecule has 8 nitrogen and oxygen atoms in total. The van der Waals surface area contributed by atoms with E-state index in [9.17, 15) is 19.5 Å². The van der Waals surface area contributed by atoms with Gasteiger partial charge in [0.2, 0.25) is 0 Å². The normalized spacial score (nSPS) is 12.7. The Morgan fingerprint density at radius 1 is 1.15 bits per heavy atom. The summed E-state index contributed by atoms with van der Waals surface area (Å²) in [6, 6.07) is 4.96. The van der Waals surface area contributed by atoms with E-state index in [1.165, 1.54) is 30.7 Å². The number of carbonyl (C=O) groups is 3. The number of hydrogen-bond acceptors (Lipinski definition) is 6. The van der Waals surface area contributed by atoms with Gasteiger partial charge in [-0.25, -0.2) is 0 Å². The first kappa shape index (κ1) is 19.0. The SMILES string of the molecule is CC(C)C[C@@H](NC(=O)/C(=C\c1ccco1)NC(=O)c1ccco1)C(=O)[O-]. The number of amides is 2. The molecule has 0 unspecified atom stereocenters. The van der Waals surface area contributed by atoms with E-state index in [2.05, 4.69) is 10.6 Å². The topological polar surface area (TPSA) is 125 Å². The summed E-state index contributed by atoms with van der Waals surface area (Å²) in [5.41, 5.74) is -0.184. The number of nitrogens with one attached hydrogen (secondary N) is 2. The van der Waals surface area contributed by atoms with Crippen molar-refractivity contribution < 1.29 is 28.3 Å². The molecule has 26 heavy (non-hydrogen) atoms. The molecule has 138 valence electrons. The number of carboxylic acid groups (broad SMARTS) is 1. The molecule has 2 rings (SSSR count). The van der Waals surface area contributed by atoms with E-state index in [0.717, 1.165) is 0 Å². The third-order valence-corrected chi connectivity index (χ3v) is 3.36. The van der Waals surface area contributed by atoms with Crippen LogP contribution in [0.2, 0.25) is 0 Å². The van der Waals surface area contributed by atoms with Crippen molar-refractivity contribution in [2.75, 3.05) is 0 Å². The van der Waals surface area contributed by atoms with Crippen LogP contribution in [0.25, 0.3) is 6.08 Å². The van der Waals surface area contributed by atoms with E-state index in [-0.39, 0.29) is 23.8 Å². The molecule has 0 aromatic carbocycles. The van der Waals surface area contributed by atoms with Crippen LogP contribution in [0.3, 0.4) is 0 Å². The first-order valence-electron chi connectivity index (χ1n) is 7.98. The van der Waals surface area contributed by atoms with Gasteiger partial charge < -0.3 is 29.4 Å². The first-order chi connectivity index (χ1) is 12.4. The quantitative estimate of drug-likeness (QED) is 0.676. The third-order valence-electron chi connectivity index (χ3n) is 3.36. The van der Waals surface area contributed by atoms with Crippen LogP contribution in [0.15, 0.2) is 51.3 Å². The van der Waals surface area contributed by atoms with Gasteiger partial charge in [-0.1, -0.05) is 13.8 Å². The van der Waals surface area contributed by atoms with Crippen LogP contribution >= 0.6 is 0 Å². The first-order valence-corrected chi connectivity index (χ1v) is 7.98. The fourth-order valence-electron chi connectivity index (χ4n) is 2.19. The summed E-state index contributed by atoms with van der Waals surface area (Å²) < 4.78 is 10.1. The Labute approximate surface area is 149 Å². The van der Waals surface area contributed by atoms with Gasteiger partial charge in [0.05, 0.1) is 24.5 Å². The molecular weight excluding hydrogens is 340 g/mol. The van der Waals surface area contributed by atoms with E-state index >= 15 is 0 Å². The minimum atomic E-state index is -1.40. The molecule has 2 amide bonds. The van der Waals surface area contributed by atoms with E-state index in [0.29, 0.717) is 5.76 Å². The van der Waals surface area contributed by atoms with Crippen LogP contribution in [0, 0.1) is 5.92 Å². The summed E-state index contributed by atoms with van der Waals surface area (Å²) in [4.78, 5) is 35.9. The molecule has 1 atom stereocenters. The van der Waals surface area contributed by atoms with Crippen molar-refractivity contribution in [2.24, 2.45) is 5.92 Å². The number of furan rings is 2. The molecule has 0 aliphatic rings. The third kappa shape index (κ3) is 5.37. The second-order valence-corrected chi connectivity index (χ2v) is 5.98. The van der Waals surface area contributed by atoms with Gasteiger partial charge in [0.15, 0.2) is 5.76 Å². The lowest BCUT2D eigenvalue weighted by Crippen LogP contribution is -2.50. The predicted molar refractivity (Wildman–Crippen MR) is 89.3 cm³/mol. The summed E-state index contributed by atoms with van der Waals surface area (Å²) in [5.74, 6) is -2.51. The number of carboxylic acids is 1. The Balaban J connectivity index is 2.21. The van der Waals surface area contributed by atoms with Gasteiger partial charge in [-0.05, 0) is 36.6 Å². The van der Waals surface area contributed by atoms with Gasteiger partial charge in [0.1, 0.15) is 11.5 Å². The summed E-state index contributed by atoms with van der Waals surface area (Å²) in [5, 5.41) is 16.0. The zero-order chi connectivity index (χ0) is 19.1. The van der Waals surface area contributed by atoms with Gasteiger partial charge >= 0.3 is 0 Å². The Morgan fingerprint density at radius 3 is 2.38 bits per heavy atom. The Kier molecular flexibility index (Phi) is 6.37. The largest absolute Gasteiger partial charge is 0.548 e.